The predicted molar refractivity (Wildman–Crippen MR) is 91.6 cm³/mol. The van der Waals surface area contributed by atoms with Crippen LogP contribution < -0.4 is 0 Å². The van der Waals surface area contributed by atoms with E-state index in [-0.39, 0.29) is 12.4 Å². The molecule has 0 aliphatic rings. The van der Waals surface area contributed by atoms with Crippen molar-refractivity contribution in [1.29, 1.82) is 0 Å². The third-order valence-electron chi connectivity index (χ3n) is 3.58. The molecular weight excluding hydrogens is 334 g/mol. The highest BCUT2D eigenvalue weighted by atomic mass is 79.9. The number of nitrogens with zero attached hydrogens (tertiary/aromatic N) is 1. The van der Waals surface area contributed by atoms with Gasteiger partial charge in [-0.05, 0) is 43.2 Å². The summed E-state index contributed by atoms with van der Waals surface area (Å²) >= 11 is 3.47. The quantitative estimate of drug-likeness (QED) is 0.549. The minimum Gasteiger partial charge on any atom is -0.247 e. The van der Waals surface area contributed by atoms with E-state index in [1.807, 2.05) is 6.07 Å². The fraction of sp³-hybridized carbons (Fsp3) is 0.118. The average Bonchev–Trinajstić information content (AvgIpc) is 2.44. The van der Waals surface area contributed by atoms with Crippen molar-refractivity contribution >= 4 is 39.2 Å². The standard InChI is InChI=1S/C17H14BrN.ClH/c1-11-12(2)17(13-7-9-14(18)10-8-13)19-16-6-4-3-5-15(11)16;/h3-10H,1-2H3;1H. The van der Waals surface area contributed by atoms with Gasteiger partial charge >= 0.3 is 0 Å². The molecule has 0 bridgehead atoms. The lowest BCUT2D eigenvalue weighted by atomic mass is 9.99. The van der Waals surface area contributed by atoms with E-state index in [0.717, 1.165) is 21.2 Å². The summed E-state index contributed by atoms with van der Waals surface area (Å²) in [6.07, 6.45) is 0. The lowest BCUT2D eigenvalue weighted by Gasteiger charge is -2.11. The number of aromatic nitrogens is 1. The summed E-state index contributed by atoms with van der Waals surface area (Å²) in [7, 11) is 0. The number of para-hydroxylation sites is 1. The van der Waals surface area contributed by atoms with E-state index in [2.05, 4.69) is 72.2 Å². The fourth-order valence-corrected chi connectivity index (χ4v) is 2.63. The van der Waals surface area contributed by atoms with E-state index >= 15 is 0 Å². The molecule has 0 amide bonds. The van der Waals surface area contributed by atoms with Gasteiger partial charge in [0.15, 0.2) is 0 Å². The minimum atomic E-state index is 0. The Kier molecular flexibility index (Phi) is 4.46. The van der Waals surface area contributed by atoms with Crippen LogP contribution in [-0.2, 0) is 0 Å². The molecular formula is C17H15BrClN. The summed E-state index contributed by atoms with van der Waals surface area (Å²) in [6, 6.07) is 16.6. The van der Waals surface area contributed by atoms with Crippen LogP contribution in [-0.4, -0.2) is 4.98 Å². The molecule has 0 N–H and O–H groups in total. The van der Waals surface area contributed by atoms with Crippen LogP contribution in [0.25, 0.3) is 22.2 Å². The van der Waals surface area contributed by atoms with E-state index in [4.69, 9.17) is 4.98 Å². The Morgan fingerprint density at radius 3 is 2.20 bits per heavy atom. The number of hydrogen-bond acceptors (Lipinski definition) is 1. The normalized spacial score (nSPS) is 10.3. The van der Waals surface area contributed by atoms with E-state index in [1.165, 1.54) is 16.5 Å². The largest absolute Gasteiger partial charge is 0.247 e. The number of pyridine rings is 1. The molecule has 102 valence electrons. The van der Waals surface area contributed by atoms with E-state index in [0.29, 0.717) is 0 Å². The summed E-state index contributed by atoms with van der Waals surface area (Å²) < 4.78 is 1.09. The van der Waals surface area contributed by atoms with Gasteiger partial charge in [-0.3, -0.25) is 0 Å². The maximum absolute atomic E-state index is 4.82. The van der Waals surface area contributed by atoms with Gasteiger partial charge in [0, 0.05) is 15.4 Å². The summed E-state index contributed by atoms with van der Waals surface area (Å²) in [6.45, 7) is 4.31. The Labute approximate surface area is 133 Å². The average molecular weight is 349 g/mol. The molecule has 0 aliphatic carbocycles. The molecule has 0 unspecified atom stereocenters. The van der Waals surface area contributed by atoms with Crippen molar-refractivity contribution in [3.63, 3.8) is 0 Å². The monoisotopic (exact) mass is 347 g/mol. The third kappa shape index (κ3) is 2.58. The van der Waals surface area contributed by atoms with Gasteiger partial charge in [-0.25, -0.2) is 4.98 Å². The van der Waals surface area contributed by atoms with Crippen LogP contribution in [0.5, 0.6) is 0 Å². The Morgan fingerprint density at radius 2 is 1.50 bits per heavy atom. The molecule has 3 heteroatoms. The molecule has 2 aromatic carbocycles. The summed E-state index contributed by atoms with van der Waals surface area (Å²) in [5.74, 6) is 0. The molecule has 1 aromatic heterocycles. The molecule has 0 saturated carbocycles. The minimum absolute atomic E-state index is 0. The van der Waals surface area contributed by atoms with Crippen molar-refractivity contribution in [3.8, 4) is 11.3 Å². The fourth-order valence-electron chi connectivity index (χ4n) is 2.36. The Morgan fingerprint density at radius 1 is 0.850 bits per heavy atom. The Balaban J connectivity index is 0.00000147. The number of halogens is 2. The van der Waals surface area contributed by atoms with Crippen LogP contribution in [0.4, 0.5) is 0 Å². The van der Waals surface area contributed by atoms with Crippen molar-refractivity contribution in [2.24, 2.45) is 0 Å². The topological polar surface area (TPSA) is 12.9 Å². The van der Waals surface area contributed by atoms with Gasteiger partial charge in [0.1, 0.15) is 0 Å². The highest BCUT2D eigenvalue weighted by molar-refractivity contribution is 9.10. The van der Waals surface area contributed by atoms with Crippen molar-refractivity contribution in [2.45, 2.75) is 13.8 Å². The second kappa shape index (κ2) is 5.94. The van der Waals surface area contributed by atoms with Gasteiger partial charge in [0.05, 0.1) is 11.2 Å². The number of aryl methyl sites for hydroxylation is 1. The van der Waals surface area contributed by atoms with Crippen molar-refractivity contribution in [1.82, 2.24) is 4.98 Å². The van der Waals surface area contributed by atoms with Gasteiger partial charge in [0.2, 0.25) is 0 Å². The van der Waals surface area contributed by atoms with Crippen molar-refractivity contribution in [3.05, 3.63) is 64.1 Å². The SMILES string of the molecule is Cc1c(-c2ccc(Br)cc2)nc2ccccc2c1C.Cl. The maximum atomic E-state index is 4.82. The number of benzene rings is 2. The van der Waals surface area contributed by atoms with Crippen molar-refractivity contribution in [2.75, 3.05) is 0 Å². The molecule has 3 rings (SSSR count). The van der Waals surface area contributed by atoms with Crippen molar-refractivity contribution < 1.29 is 0 Å². The van der Waals surface area contributed by atoms with Crippen LogP contribution >= 0.6 is 28.3 Å². The molecule has 0 atom stereocenters. The lowest BCUT2D eigenvalue weighted by molar-refractivity contribution is 1.28. The Bertz CT molecular complexity index is 751. The van der Waals surface area contributed by atoms with Crippen LogP contribution in [0.15, 0.2) is 53.0 Å². The van der Waals surface area contributed by atoms with Gasteiger partial charge in [-0.2, -0.15) is 0 Å². The van der Waals surface area contributed by atoms with E-state index in [1.54, 1.807) is 0 Å². The maximum Gasteiger partial charge on any atom is 0.0741 e. The van der Waals surface area contributed by atoms with Gasteiger partial charge in [0.25, 0.3) is 0 Å². The smallest absolute Gasteiger partial charge is 0.0741 e. The first-order valence-corrected chi connectivity index (χ1v) is 7.08. The molecule has 0 spiro atoms. The molecule has 1 nitrogen and oxygen atoms in total. The first kappa shape index (κ1) is 15.0. The first-order valence-electron chi connectivity index (χ1n) is 6.28. The summed E-state index contributed by atoms with van der Waals surface area (Å²) in [5, 5.41) is 1.24. The zero-order valence-corrected chi connectivity index (χ0v) is 13.8. The molecule has 0 aliphatic heterocycles. The molecule has 0 saturated heterocycles. The number of hydrogen-bond donors (Lipinski definition) is 0. The third-order valence-corrected chi connectivity index (χ3v) is 4.10. The number of rotatable bonds is 1. The zero-order valence-electron chi connectivity index (χ0n) is 11.4. The summed E-state index contributed by atoms with van der Waals surface area (Å²) in [5.41, 5.74) is 5.85. The van der Waals surface area contributed by atoms with E-state index in [9.17, 15) is 0 Å². The second-order valence-corrected chi connectivity index (χ2v) is 5.65. The van der Waals surface area contributed by atoms with Crippen LogP contribution in [0.3, 0.4) is 0 Å². The molecule has 0 radical (unpaired) electrons. The van der Waals surface area contributed by atoms with Gasteiger partial charge in [-0.1, -0.05) is 46.3 Å². The summed E-state index contributed by atoms with van der Waals surface area (Å²) in [4.78, 5) is 4.82. The first-order chi connectivity index (χ1) is 9.16. The molecule has 0 fully saturated rings. The zero-order chi connectivity index (χ0) is 13.4. The van der Waals surface area contributed by atoms with Crippen LogP contribution in [0, 0.1) is 13.8 Å². The van der Waals surface area contributed by atoms with Crippen LogP contribution in [0.1, 0.15) is 11.1 Å². The second-order valence-electron chi connectivity index (χ2n) is 4.73. The van der Waals surface area contributed by atoms with Gasteiger partial charge in [-0.15, -0.1) is 12.4 Å². The highest BCUT2D eigenvalue weighted by Gasteiger charge is 2.09. The number of fused-ring (bicyclic) bond motifs is 1. The highest BCUT2D eigenvalue weighted by Crippen LogP contribution is 2.29. The predicted octanol–water partition coefficient (Wildman–Crippen LogP) is 5.70. The lowest BCUT2D eigenvalue weighted by Crippen LogP contribution is -1.94. The molecule has 3 aromatic rings. The van der Waals surface area contributed by atoms with Crippen LogP contribution in [0.2, 0.25) is 0 Å². The molecule has 20 heavy (non-hydrogen) atoms. The Hall–Kier alpha value is -1.38. The van der Waals surface area contributed by atoms with Gasteiger partial charge < -0.3 is 0 Å². The van der Waals surface area contributed by atoms with E-state index < -0.39 is 0 Å². The molecule has 1 heterocycles.